The van der Waals surface area contributed by atoms with Crippen LogP contribution in [0.3, 0.4) is 0 Å². The van der Waals surface area contributed by atoms with Gasteiger partial charge in [-0.1, -0.05) is 0 Å². The van der Waals surface area contributed by atoms with Crippen LogP contribution in [0.15, 0.2) is 0 Å². The molecule has 2 fully saturated rings. The molecule has 2 atom stereocenters. The van der Waals surface area contributed by atoms with Gasteiger partial charge >= 0.3 is 0 Å². The summed E-state index contributed by atoms with van der Waals surface area (Å²) in [6, 6.07) is 0. The quantitative estimate of drug-likeness (QED) is 0.724. The first kappa shape index (κ1) is 11.4. The lowest BCUT2D eigenvalue weighted by Crippen LogP contribution is -2.46. The minimum atomic E-state index is -2.87. The van der Waals surface area contributed by atoms with Crippen molar-refractivity contribution in [3.63, 3.8) is 0 Å². The van der Waals surface area contributed by atoms with E-state index in [1.807, 2.05) is 0 Å². The van der Waals surface area contributed by atoms with E-state index in [1.165, 1.54) is 0 Å². The zero-order chi connectivity index (χ0) is 10.9. The molecule has 0 spiro atoms. The smallest absolute Gasteiger partial charge is 0.153 e. The van der Waals surface area contributed by atoms with E-state index in [0.717, 1.165) is 32.2 Å². The number of hydrogen-bond acceptors (Lipinski definition) is 4. The molecule has 0 aromatic heterocycles. The highest BCUT2D eigenvalue weighted by atomic mass is 32.2. The summed E-state index contributed by atoms with van der Waals surface area (Å²) in [5.41, 5.74) is -0.317. The highest BCUT2D eigenvalue weighted by Crippen LogP contribution is 2.32. The van der Waals surface area contributed by atoms with Crippen LogP contribution in [0, 0.1) is 0 Å². The van der Waals surface area contributed by atoms with Gasteiger partial charge in [-0.3, -0.25) is 0 Å². The fourth-order valence-corrected chi connectivity index (χ4v) is 4.77. The summed E-state index contributed by atoms with van der Waals surface area (Å²) in [6.07, 6.45) is 4.08. The summed E-state index contributed by atoms with van der Waals surface area (Å²) < 4.78 is 23.4. The second-order valence-electron chi connectivity index (χ2n) is 4.80. The maximum atomic E-state index is 11.7. The van der Waals surface area contributed by atoms with Crippen LogP contribution in [-0.4, -0.2) is 43.2 Å². The maximum absolute atomic E-state index is 11.7. The van der Waals surface area contributed by atoms with Crippen molar-refractivity contribution in [2.75, 3.05) is 18.9 Å². The van der Waals surface area contributed by atoms with Crippen molar-refractivity contribution >= 4 is 9.84 Å². The van der Waals surface area contributed by atoms with E-state index in [9.17, 15) is 13.5 Å². The molecule has 2 heterocycles. The van der Waals surface area contributed by atoms with Crippen molar-refractivity contribution < 1.29 is 13.5 Å². The zero-order valence-electron chi connectivity index (χ0n) is 8.91. The molecule has 0 aromatic carbocycles. The van der Waals surface area contributed by atoms with Gasteiger partial charge in [0.1, 0.15) is 0 Å². The largest absolute Gasteiger partial charge is 0.394 e. The topological polar surface area (TPSA) is 66.4 Å². The molecule has 0 amide bonds. The average Bonchev–Trinajstić information content (AvgIpc) is 2.76. The van der Waals surface area contributed by atoms with E-state index >= 15 is 0 Å². The van der Waals surface area contributed by atoms with Crippen molar-refractivity contribution in [3.05, 3.63) is 0 Å². The maximum Gasteiger partial charge on any atom is 0.153 e. The Bertz CT molecular complexity index is 320. The second kappa shape index (κ2) is 4.03. The van der Waals surface area contributed by atoms with E-state index in [4.69, 9.17) is 0 Å². The third-order valence-corrected chi connectivity index (χ3v) is 5.99. The minimum Gasteiger partial charge on any atom is -0.394 e. The molecule has 5 heteroatoms. The first-order valence-corrected chi connectivity index (χ1v) is 7.37. The highest BCUT2D eigenvalue weighted by Gasteiger charge is 2.41. The summed E-state index contributed by atoms with van der Waals surface area (Å²) in [5, 5.41) is 12.4. The molecule has 15 heavy (non-hydrogen) atoms. The number of rotatable bonds is 3. The molecule has 2 N–H and O–H groups in total. The van der Waals surface area contributed by atoms with Gasteiger partial charge in [-0.25, -0.2) is 8.42 Å². The third kappa shape index (κ3) is 2.19. The van der Waals surface area contributed by atoms with Crippen molar-refractivity contribution in [1.29, 1.82) is 0 Å². The Labute approximate surface area is 91.0 Å². The summed E-state index contributed by atoms with van der Waals surface area (Å²) >= 11 is 0. The van der Waals surface area contributed by atoms with E-state index in [-0.39, 0.29) is 17.4 Å². The molecule has 2 rings (SSSR count). The molecule has 0 saturated carbocycles. The standard InChI is InChI=1S/C10H19NO3S/c12-8-10(4-2-5-11-10)7-9-3-1-6-15(9,13)14/h9,11-12H,1-8H2. The van der Waals surface area contributed by atoms with Gasteiger partial charge in [0.25, 0.3) is 0 Å². The number of sulfone groups is 1. The second-order valence-corrected chi connectivity index (χ2v) is 7.20. The van der Waals surface area contributed by atoms with Crippen molar-refractivity contribution in [3.8, 4) is 0 Å². The SMILES string of the molecule is O=S1(=O)CCCC1CC1(CO)CCCN1. The molecule has 4 nitrogen and oxygen atoms in total. The number of nitrogens with one attached hydrogen (secondary N) is 1. The normalized spacial score (nSPS) is 39.7. The van der Waals surface area contributed by atoms with Gasteiger partial charge in [0.05, 0.1) is 17.6 Å². The Morgan fingerprint density at radius 1 is 1.40 bits per heavy atom. The Morgan fingerprint density at radius 2 is 2.20 bits per heavy atom. The summed E-state index contributed by atoms with van der Waals surface area (Å²) in [6.45, 7) is 0.951. The summed E-state index contributed by atoms with van der Waals surface area (Å²) in [7, 11) is -2.87. The number of aliphatic hydroxyl groups is 1. The lowest BCUT2D eigenvalue weighted by atomic mass is 9.91. The molecule has 88 valence electrons. The van der Waals surface area contributed by atoms with Crippen LogP contribution in [-0.2, 0) is 9.84 Å². The Kier molecular flexibility index (Phi) is 3.05. The van der Waals surface area contributed by atoms with Crippen molar-refractivity contribution in [2.45, 2.75) is 42.9 Å². The molecule has 2 aliphatic heterocycles. The lowest BCUT2D eigenvalue weighted by molar-refractivity contribution is 0.167. The molecule has 2 saturated heterocycles. The van der Waals surface area contributed by atoms with E-state index < -0.39 is 9.84 Å². The predicted octanol–water partition coefficient (Wildman–Crippen LogP) is 0.0682. The Balaban J connectivity index is 2.07. The molecule has 0 aromatic rings. The van der Waals surface area contributed by atoms with Crippen molar-refractivity contribution in [1.82, 2.24) is 5.32 Å². The first-order valence-electron chi connectivity index (χ1n) is 5.65. The van der Waals surface area contributed by atoms with Crippen molar-refractivity contribution in [2.24, 2.45) is 0 Å². The number of hydrogen-bond donors (Lipinski definition) is 2. The van der Waals surface area contributed by atoms with E-state index in [2.05, 4.69) is 5.32 Å². The monoisotopic (exact) mass is 233 g/mol. The number of aliphatic hydroxyl groups excluding tert-OH is 1. The van der Waals surface area contributed by atoms with Crippen LogP contribution in [0.5, 0.6) is 0 Å². The molecular formula is C10H19NO3S. The molecule has 0 aliphatic carbocycles. The van der Waals surface area contributed by atoms with Crippen LogP contribution >= 0.6 is 0 Å². The van der Waals surface area contributed by atoms with Crippen LogP contribution in [0.25, 0.3) is 0 Å². The molecular weight excluding hydrogens is 214 g/mol. The molecule has 0 bridgehead atoms. The highest BCUT2D eigenvalue weighted by molar-refractivity contribution is 7.92. The van der Waals surface area contributed by atoms with Crippen LogP contribution in [0.1, 0.15) is 32.1 Å². The van der Waals surface area contributed by atoms with Gasteiger partial charge in [-0.2, -0.15) is 0 Å². The molecule has 0 radical (unpaired) electrons. The predicted molar refractivity (Wildman–Crippen MR) is 58.5 cm³/mol. The van der Waals surface area contributed by atoms with Gasteiger partial charge in [-0.15, -0.1) is 0 Å². The van der Waals surface area contributed by atoms with Gasteiger partial charge < -0.3 is 10.4 Å². The molecule has 2 aliphatic rings. The summed E-state index contributed by atoms with van der Waals surface area (Å²) in [4.78, 5) is 0. The van der Waals surface area contributed by atoms with Gasteiger partial charge in [0.2, 0.25) is 0 Å². The van der Waals surface area contributed by atoms with Gasteiger partial charge in [0, 0.05) is 5.54 Å². The molecule has 2 unspecified atom stereocenters. The van der Waals surface area contributed by atoms with Crippen LogP contribution < -0.4 is 5.32 Å². The zero-order valence-corrected chi connectivity index (χ0v) is 9.72. The Hall–Kier alpha value is -0.130. The van der Waals surface area contributed by atoms with E-state index in [0.29, 0.717) is 12.2 Å². The van der Waals surface area contributed by atoms with Crippen LogP contribution in [0.4, 0.5) is 0 Å². The fraction of sp³-hybridized carbons (Fsp3) is 1.00. The van der Waals surface area contributed by atoms with Gasteiger partial charge in [-0.05, 0) is 38.6 Å². The first-order chi connectivity index (χ1) is 7.08. The van der Waals surface area contributed by atoms with Crippen LogP contribution in [0.2, 0.25) is 0 Å². The average molecular weight is 233 g/mol. The Morgan fingerprint density at radius 3 is 2.67 bits per heavy atom. The third-order valence-electron chi connectivity index (χ3n) is 3.72. The van der Waals surface area contributed by atoms with E-state index in [1.54, 1.807) is 0 Å². The minimum absolute atomic E-state index is 0.0546. The van der Waals surface area contributed by atoms with Gasteiger partial charge in [0.15, 0.2) is 9.84 Å². The lowest BCUT2D eigenvalue weighted by Gasteiger charge is -2.29. The fourth-order valence-electron chi connectivity index (χ4n) is 2.77. The summed E-state index contributed by atoms with van der Waals surface area (Å²) in [5.74, 6) is 0.333.